The van der Waals surface area contributed by atoms with Crippen molar-refractivity contribution in [3.63, 3.8) is 0 Å². The zero-order chi connectivity index (χ0) is 12.4. The number of benzene rings is 1. The van der Waals surface area contributed by atoms with Crippen LogP contribution >= 0.6 is 11.6 Å². The monoisotopic (exact) mass is 264 g/mol. The van der Waals surface area contributed by atoms with Crippen LogP contribution in [-0.2, 0) is 4.74 Å². The lowest BCUT2D eigenvalue weighted by Crippen LogP contribution is -2.34. The van der Waals surface area contributed by atoms with E-state index in [9.17, 15) is 0 Å². The van der Waals surface area contributed by atoms with E-state index >= 15 is 0 Å². The molecule has 2 atom stereocenters. The maximum atomic E-state index is 6.19. The van der Waals surface area contributed by atoms with Crippen LogP contribution in [0.5, 0.6) is 0 Å². The molecule has 0 spiro atoms. The minimum Gasteiger partial charge on any atom is -0.471 e. The lowest BCUT2D eigenvalue weighted by atomic mass is 10.00. The van der Waals surface area contributed by atoms with Crippen LogP contribution in [0.25, 0.3) is 0 Å². The van der Waals surface area contributed by atoms with Gasteiger partial charge in [0.25, 0.3) is 0 Å². The summed E-state index contributed by atoms with van der Waals surface area (Å²) in [4.78, 5) is 4.55. The molecule has 0 saturated carbocycles. The summed E-state index contributed by atoms with van der Waals surface area (Å²) in [5.41, 5.74) is 1.04. The highest BCUT2D eigenvalue weighted by Gasteiger charge is 2.29. The van der Waals surface area contributed by atoms with Gasteiger partial charge in [0.2, 0.25) is 0 Å². The minimum absolute atomic E-state index is 0.00405. The van der Waals surface area contributed by atoms with Crippen LogP contribution in [-0.4, -0.2) is 25.5 Å². The van der Waals surface area contributed by atoms with E-state index in [0.29, 0.717) is 12.5 Å². The molecule has 0 aliphatic carbocycles. The van der Waals surface area contributed by atoms with Crippen molar-refractivity contribution in [2.24, 2.45) is 10.9 Å². The first-order chi connectivity index (χ1) is 8.84. The molecule has 0 bridgehead atoms. The Hall–Kier alpha value is -1.06. The molecule has 18 heavy (non-hydrogen) atoms. The number of nitrogens with one attached hydrogen (secondary N) is 1. The lowest BCUT2D eigenvalue weighted by molar-refractivity contribution is 0.209. The number of ether oxygens (including phenoxy) is 1. The molecule has 4 heteroatoms. The summed E-state index contributed by atoms with van der Waals surface area (Å²) in [6.45, 7) is 2.78. The van der Waals surface area contributed by atoms with Gasteiger partial charge < -0.3 is 10.1 Å². The Kier molecular flexibility index (Phi) is 3.52. The molecule has 0 aromatic heterocycles. The third-order valence-electron chi connectivity index (χ3n) is 3.57. The van der Waals surface area contributed by atoms with Crippen LogP contribution in [0, 0.1) is 5.92 Å². The zero-order valence-electron chi connectivity index (χ0n) is 10.2. The predicted molar refractivity (Wildman–Crippen MR) is 73.2 cm³/mol. The Labute approximate surface area is 112 Å². The van der Waals surface area contributed by atoms with Crippen molar-refractivity contribution >= 4 is 17.5 Å². The number of halogens is 1. The minimum atomic E-state index is -0.00405. The third kappa shape index (κ3) is 2.38. The van der Waals surface area contributed by atoms with E-state index in [1.54, 1.807) is 0 Å². The molecule has 0 amide bonds. The van der Waals surface area contributed by atoms with E-state index < -0.39 is 0 Å². The summed E-state index contributed by atoms with van der Waals surface area (Å²) in [6, 6.07) is 7.85. The quantitative estimate of drug-likeness (QED) is 0.891. The van der Waals surface area contributed by atoms with E-state index in [1.165, 1.54) is 12.8 Å². The molecule has 2 aliphatic heterocycles. The van der Waals surface area contributed by atoms with Gasteiger partial charge in [-0.15, -0.1) is 0 Å². The van der Waals surface area contributed by atoms with Crippen molar-refractivity contribution in [3.8, 4) is 0 Å². The molecular formula is C14H17ClN2O. The molecule has 2 heterocycles. The van der Waals surface area contributed by atoms with Crippen molar-refractivity contribution in [1.29, 1.82) is 0 Å². The zero-order valence-corrected chi connectivity index (χ0v) is 11.0. The molecule has 0 radical (unpaired) electrons. The topological polar surface area (TPSA) is 33.6 Å². The molecule has 1 aromatic carbocycles. The number of rotatable bonds is 2. The molecule has 2 aliphatic rings. The van der Waals surface area contributed by atoms with E-state index in [1.807, 2.05) is 24.3 Å². The number of aliphatic imine (C=N–C) groups is 1. The standard InChI is InChI=1S/C14H17ClN2O/c15-12-6-2-1-5-11(12)13-9-17-14(18-13)10-4-3-7-16-8-10/h1-2,5-6,10,13,16H,3-4,7-9H2. The summed E-state index contributed by atoms with van der Waals surface area (Å²) in [5, 5.41) is 4.16. The summed E-state index contributed by atoms with van der Waals surface area (Å²) < 4.78 is 5.99. The van der Waals surface area contributed by atoms with Gasteiger partial charge in [0.05, 0.1) is 6.54 Å². The van der Waals surface area contributed by atoms with Gasteiger partial charge in [0, 0.05) is 23.0 Å². The molecule has 2 unspecified atom stereocenters. The molecule has 96 valence electrons. The second-order valence-corrected chi connectivity index (χ2v) is 5.26. The Bertz CT molecular complexity index is 455. The largest absolute Gasteiger partial charge is 0.471 e. The maximum absolute atomic E-state index is 6.19. The van der Waals surface area contributed by atoms with E-state index in [2.05, 4.69) is 10.3 Å². The number of piperidine rings is 1. The van der Waals surface area contributed by atoms with Gasteiger partial charge in [0.15, 0.2) is 5.90 Å². The van der Waals surface area contributed by atoms with Crippen LogP contribution in [0.3, 0.4) is 0 Å². The molecular weight excluding hydrogens is 248 g/mol. The van der Waals surface area contributed by atoms with Gasteiger partial charge in [-0.25, -0.2) is 0 Å². The average Bonchev–Trinajstić information content (AvgIpc) is 2.90. The molecule has 1 aromatic rings. The number of nitrogens with zero attached hydrogens (tertiary/aromatic N) is 1. The van der Waals surface area contributed by atoms with Gasteiger partial charge >= 0.3 is 0 Å². The van der Waals surface area contributed by atoms with Crippen LogP contribution in [0.1, 0.15) is 24.5 Å². The highest BCUT2D eigenvalue weighted by Crippen LogP contribution is 2.31. The SMILES string of the molecule is Clc1ccccc1C1CN=C(C2CCCNC2)O1. The molecule has 1 N–H and O–H groups in total. The summed E-state index contributed by atoms with van der Waals surface area (Å²) >= 11 is 6.19. The van der Waals surface area contributed by atoms with Crippen LogP contribution < -0.4 is 5.32 Å². The molecule has 1 saturated heterocycles. The first-order valence-electron chi connectivity index (χ1n) is 6.51. The Balaban J connectivity index is 1.68. The van der Waals surface area contributed by atoms with Crippen molar-refractivity contribution in [1.82, 2.24) is 5.32 Å². The van der Waals surface area contributed by atoms with Gasteiger partial charge in [-0.2, -0.15) is 0 Å². The van der Waals surface area contributed by atoms with Crippen molar-refractivity contribution in [3.05, 3.63) is 34.9 Å². The van der Waals surface area contributed by atoms with Gasteiger partial charge in [-0.3, -0.25) is 4.99 Å². The van der Waals surface area contributed by atoms with Crippen molar-refractivity contribution < 1.29 is 4.74 Å². The third-order valence-corrected chi connectivity index (χ3v) is 3.92. The van der Waals surface area contributed by atoms with E-state index in [4.69, 9.17) is 16.3 Å². The van der Waals surface area contributed by atoms with Crippen LogP contribution in [0.15, 0.2) is 29.3 Å². The number of hydrogen-bond acceptors (Lipinski definition) is 3. The second-order valence-electron chi connectivity index (χ2n) is 4.85. The predicted octanol–water partition coefficient (Wildman–Crippen LogP) is 2.81. The normalized spacial score (nSPS) is 27.7. The Morgan fingerprint density at radius 1 is 1.33 bits per heavy atom. The first-order valence-corrected chi connectivity index (χ1v) is 6.88. The molecule has 1 fully saturated rings. The average molecular weight is 265 g/mol. The fraction of sp³-hybridized carbons (Fsp3) is 0.500. The van der Waals surface area contributed by atoms with Gasteiger partial charge in [-0.1, -0.05) is 29.8 Å². The lowest BCUT2D eigenvalue weighted by Gasteiger charge is -2.23. The highest BCUT2D eigenvalue weighted by atomic mass is 35.5. The van der Waals surface area contributed by atoms with Gasteiger partial charge in [0.1, 0.15) is 6.10 Å². The second kappa shape index (κ2) is 5.29. The first kappa shape index (κ1) is 12.0. The maximum Gasteiger partial charge on any atom is 0.188 e. The summed E-state index contributed by atoms with van der Waals surface area (Å²) in [5.74, 6) is 1.35. The Morgan fingerprint density at radius 2 is 2.22 bits per heavy atom. The van der Waals surface area contributed by atoms with Crippen LogP contribution in [0.4, 0.5) is 0 Å². The summed E-state index contributed by atoms with van der Waals surface area (Å²) in [7, 11) is 0. The van der Waals surface area contributed by atoms with E-state index in [-0.39, 0.29) is 6.10 Å². The Morgan fingerprint density at radius 3 is 3.00 bits per heavy atom. The van der Waals surface area contributed by atoms with Gasteiger partial charge in [-0.05, 0) is 25.5 Å². The fourth-order valence-electron chi connectivity index (χ4n) is 2.58. The fourth-order valence-corrected chi connectivity index (χ4v) is 2.84. The molecule has 3 rings (SSSR count). The number of hydrogen-bond donors (Lipinski definition) is 1. The van der Waals surface area contributed by atoms with Crippen molar-refractivity contribution in [2.45, 2.75) is 18.9 Å². The highest BCUT2D eigenvalue weighted by molar-refractivity contribution is 6.31. The molecule has 3 nitrogen and oxygen atoms in total. The summed E-state index contributed by atoms with van der Waals surface area (Å²) in [6.07, 6.45) is 2.36. The smallest absolute Gasteiger partial charge is 0.188 e. The van der Waals surface area contributed by atoms with Crippen LogP contribution in [0.2, 0.25) is 5.02 Å². The van der Waals surface area contributed by atoms with Crippen molar-refractivity contribution in [2.75, 3.05) is 19.6 Å². The van der Waals surface area contributed by atoms with E-state index in [0.717, 1.165) is 29.6 Å².